The molecule has 0 aliphatic heterocycles. The van der Waals surface area contributed by atoms with Crippen LogP contribution in [0.3, 0.4) is 0 Å². The van der Waals surface area contributed by atoms with E-state index in [2.05, 4.69) is 41.8 Å². The largest absolute Gasteiger partial charge is 0.497 e. The van der Waals surface area contributed by atoms with Crippen molar-refractivity contribution in [2.24, 2.45) is 0 Å². The highest BCUT2D eigenvalue weighted by Crippen LogP contribution is 2.47. The molecule has 4 nitrogen and oxygen atoms in total. The second-order valence-electron chi connectivity index (χ2n) is 6.18. The van der Waals surface area contributed by atoms with Crippen molar-refractivity contribution in [3.63, 3.8) is 0 Å². The number of urea groups is 1. The van der Waals surface area contributed by atoms with Crippen LogP contribution in [-0.4, -0.2) is 19.7 Å². The fraction of sp³-hybridized carbons (Fsp3) is 0.316. The molecule has 2 amide bonds. The summed E-state index contributed by atoms with van der Waals surface area (Å²) in [6.45, 7) is 2.75. The molecule has 120 valence electrons. The summed E-state index contributed by atoms with van der Waals surface area (Å²) < 4.78 is 5.10. The maximum atomic E-state index is 12.1. The van der Waals surface area contributed by atoms with Crippen molar-refractivity contribution in [3.8, 4) is 5.75 Å². The fourth-order valence-corrected chi connectivity index (χ4v) is 2.72. The maximum Gasteiger partial charge on any atom is 0.319 e. The summed E-state index contributed by atoms with van der Waals surface area (Å²) in [5.41, 5.74) is 3.44. The normalized spacial score (nSPS) is 14.9. The predicted molar refractivity (Wildman–Crippen MR) is 92.1 cm³/mol. The van der Waals surface area contributed by atoms with Crippen molar-refractivity contribution in [1.82, 2.24) is 5.32 Å². The molecule has 2 N–H and O–H groups in total. The van der Waals surface area contributed by atoms with E-state index in [1.807, 2.05) is 24.3 Å². The zero-order chi connectivity index (χ0) is 16.3. The standard InChI is InChI=1S/C19H22N2O2/c1-14-3-5-15(6-4-14)19(11-12-19)13-20-18(22)21-16-7-9-17(23-2)10-8-16/h3-10H,11-13H2,1-2H3,(H2,20,21,22). The lowest BCUT2D eigenvalue weighted by molar-refractivity contribution is 0.251. The number of hydrogen-bond acceptors (Lipinski definition) is 2. The molecule has 3 rings (SSSR count). The second kappa shape index (κ2) is 6.32. The number of ether oxygens (including phenoxy) is 1. The molecule has 0 spiro atoms. The van der Waals surface area contributed by atoms with Crippen LogP contribution in [0.4, 0.5) is 10.5 Å². The molecule has 2 aromatic carbocycles. The summed E-state index contributed by atoms with van der Waals surface area (Å²) >= 11 is 0. The summed E-state index contributed by atoms with van der Waals surface area (Å²) in [4.78, 5) is 12.1. The monoisotopic (exact) mass is 310 g/mol. The molecule has 0 bridgehead atoms. The van der Waals surface area contributed by atoms with E-state index in [-0.39, 0.29) is 11.4 Å². The highest BCUT2D eigenvalue weighted by molar-refractivity contribution is 5.89. The number of hydrogen-bond donors (Lipinski definition) is 2. The summed E-state index contributed by atoms with van der Waals surface area (Å²) in [5.74, 6) is 0.771. The van der Waals surface area contributed by atoms with Gasteiger partial charge in [-0.25, -0.2) is 4.79 Å². The molecule has 1 aliphatic carbocycles. The quantitative estimate of drug-likeness (QED) is 0.881. The van der Waals surface area contributed by atoms with Gasteiger partial charge in [0.2, 0.25) is 0 Å². The van der Waals surface area contributed by atoms with Gasteiger partial charge in [-0.15, -0.1) is 0 Å². The number of aryl methyl sites for hydroxylation is 1. The zero-order valence-electron chi connectivity index (χ0n) is 13.6. The van der Waals surface area contributed by atoms with E-state index >= 15 is 0 Å². The Morgan fingerprint density at radius 2 is 1.74 bits per heavy atom. The zero-order valence-corrected chi connectivity index (χ0v) is 13.6. The van der Waals surface area contributed by atoms with Crippen LogP contribution in [0.25, 0.3) is 0 Å². The van der Waals surface area contributed by atoms with Crippen LogP contribution in [0.15, 0.2) is 48.5 Å². The number of benzene rings is 2. The molecular formula is C19H22N2O2. The van der Waals surface area contributed by atoms with Crippen molar-refractivity contribution in [2.45, 2.75) is 25.2 Å². The smallest absolute Gasteiger partial charge is 0.319 e. The lowest BCUT2D eigenvalue weighted by Gasteiger charge is -2.17. The summed E-state index contributed by atoms with van der Waals surface area (Å²) in [6, 6.07) is 15.7. The lowest BCUT2D eigenvalue weighted by atomic mass is 9.95. The Morgan fingerprint density at radius 1 is 1.09 bits per heavy atom. The molecule has 0 radical (unpaired) electrons. The minimum atomic E-state index is -0.173. The first kappa shape index (κ1) is 15.4. The Morgan fingerprint density at radius 3 is 2.30 bits per heavy atom. The van der Waals surface area contributed by atoms with E-state index in [1.165, 1.54) is 11.1 Å². The second-order valence-corrected chi connectivity index (χ2v) is 6.18. The third-order valence-corrected chi connectivity index (χ3v) is 4.45. The van der Waals surface area contributed by atoms with Crippen molar-refractivity contribution in [2.75, 3.05) is 19.0 Å². The summed E-state index contributed by atoms with van der Waals surface area (Å²) in [7, 11) is 1.62. The van der Waals surface area contributed by atoms with Crippen LogP contribution in [0.5, 0.6) is 5.75 Å². The molecule has 1 fully saturated rings. The van der Waals surface area contributed by atoms with Gasteiger partial charge < -0.3 is 15.4 Å². The van der Waals surface area contributed by atoms with Crippen LogP contribution in [0.2, 0.25) is 0 Å². The fourth-order valence-electron chi connectivity index (χ4n) is 2.72. The molecule has 0 unspecified atom stereocenters. The predicted octanol–water partition coefficient (Wildman–Crippen LogP) is 3.86. The molecule has 0 atom stereocenters. The van der Waals surface area contributed by atoms with Gasteiger partial charge in [-0.2, -0.15) is 0 Å². The van der Waals surface area contributed by atoms with E-state index in [1.54, 1.807) is 7.11 Å². The van der Waals surface area contributed by atoms with Crippen LogP contribution in [-0.2, 0) is 5.41 Å². The Kier molecular flexibility index (Phi) is 4.24. The van der Waals surface area contributed by atoms with Gasteiger partial charge in [0.05, 0.1) is 7.11 Å². The minimum Gasteiger partial charge on any atom is -0.497 e. The molecule has 0 aromatic heterocycles. The SMILES string of the molecule is COc1ccc(NC(=O)NCC2(c3ccc(C)cc3)CC2)cc1. The Labute approximate surface area is 136 Å². The molecule has 1 aliphatic rings. The van der Waals surface area contributed by atoms with Gasteiger partial charge >= 0.3 is 6.03 Å². The molecule has 0 heterocycles. The Hall–Kier alpha value is -2.49. The van der Waals surface area contributed by atoms with E-state index in [0.29, 0.717) is 6.54 Å². The van der Waals surface area contributed by atoms with Crippen LogP contribution in [0, 0.1) is 6.92 Å². The molecule has 1 saturated carbocycles. The van der Waals surface area contributed by atoms with Crippen molar-refractivity contribution in [3.05, 3.63) is 59.7 Å². The van der Waals surface area contributed by atoms with Crippen molar-refractivity contribution >= 4 is 11.7 Å². The van der Waals surface area contributed by atoms with Crippen molar-refractivity contribution < 1.29 is 9.53 Å². The average molecular weight is 310 g/mol. The topological polar surface area (TPSA) is 50.4 Å². The van der Waals surface area contributed by atoms with Crippen LogP contribution >= 0.6 is 0 Å². The molecule has 2 aromatic rings. The van der Waals surface area contributed by atoms with Crippen molar-refractivity contribution in [1.29, 1.82) is 0 Å². The highest BCUT2D eigenvalue weighted by atomic mass is 16.5. The number of carbonyl (C=O) groups is 1. The first-order chi connectivity index (χ1) is 11.1. The minimum absolute atomic E-state index is 0.116. The molecule has 23 heavy (non-hydrogen) atoms. The van der Waals surface area contributed by atoms with Gasteiger partial charge in [0.1, 0.15) is 5.75 Å². The van der Waals surface area contributed by atoms with Gasteiger partial charge in [-0.05, 0) is 49.6 Å². The average Bonchev–Trinajstić information content (AvgIpc) is 3.35. The number of carbonyl (C=O) groups excluding carboxylic acids is 1. The molecule has 0 saturated heterocycles. The molecule has 4 heteroatoms. The summed E-state index contributed by atoms with van der Waals surface area (Å²) in [6.07, 6.45) is 2.25. The first-order valence-corrected chi connectivity index (χ1v) is 7.87. The van der Waals surface area contributed by atoms with Gasteiger partial charge in [0.25, 0.3) is 0 Å². The van der Waals surface area contributed by atoms with E-state index < -0.39 is 0 Å². The van der Waals surface area contributed by atoms with Gasteiger partial charge in [0.15, 0.2) is 0 Å². The van der Waals surface area contributed by atoms with Gasteiger partial charge in [-0.3, -0.25) is 0 Å². The third-order valence-electron chi connectivity index (χ3n) is 4.45. The highest BCUT2D eigenvalue weighted by Gasteiger charge is 2.44. The van der Waals surface area contributed by atoms with E-state index in [4.69, 9.17) is 4.74 Å². The number of amides is 2. The number of anilines is 1. The van der Waals surface area contributed by atoms with Crippen LogP contribution < -0.4 is 15.4 Å². The first-order valence-electron chi connectivity index (χ1n) is 7.87. The van der Waals surface area contributed by atoms with Gasteiger partial charge in [0, 0.05) is 17.6 Å². The van der Waals surface area contributed by atoms with Crippen LogP contribution in [0.1, 0.15) is 24.0 Å². The van der Waals surface area contributed by atoms with Gasteiger partial charge in [-0.1, -0.05) is 29.8 Å². The lowest BCUT2D eigenvalue weighted by Crippen LogP contribution is -2.35. The van der Waals surface area contributed by atoms with E-state index in [9.17, 15) is 4.79 Å². The number of nitrogens with one attached hydrogen (secondary N) is 2. The number of methoxy groups -OCH3 is 1. The maximum absolute atomic E-state index is 12.1. The Balaban J connectivity index is 1.55. The third kappa shape index (κ3) is 3.65. The summed E-state index contributed by atoms with van der Waals surface area (Å²) in [5, 5.41) is 5.84. The Bertz CT molecular complexity index is 674. The number of rotatable bonds is 5. The molecular weight excluding hydrogens is 288 g/mol. The van der Waals surface area contributed by atoms with E-state index in [0.717, 1.165) is 24.3 Å².